The minimum atomic E-state index is -1.30. The molecule has 3 aromatic carbocycles. The fourth-order valence-corrected chi connectivity index (χ4v) is 4.69. The Bertz CT molecular complexity index is 2070. The van der Waals surface area contributed by atoms with Gasteiger partial charge in [0, 0.05) is 23.6 Å². The minimum Gasteiger partial charge on any atom is -0.478 e. The first kappa shape index (κ1) is 28.2. The molecule has 3 heterocycles. The van der Waals surface area contributed by atoms with Gasteiger partial charge < -0.3 is 18.8 Å². The van der Waals surface area contributed by atoms with E-state index in [1.54, 1.807) is 34.9 Å². The van der Waals surface area contributed by atoms with Crippen molar-refractivity contribution < 1.29 is 32.2 Å². The lowest BCUT2D eigenvalue weighted by atomic mass is 10.1. The molecule has 44 heavy (non-hydrogen) atoms. The highest BCUT2D eigenvalue weighted by molar-refractivity contribution is 5.92. The van der Waals surface area contributed by atoms with E-state index in [1.165, 1.54) is 36.7 Å². The number of carboxylic acids is 1. The summed E-state index contributed by atoms with van der Waals surface area (Å²) in [4.78, 5) is 24.4. The molecule has 0 unspecified atom stereocenters. The molecule has 0 atom stereocenters. The zero-order chi connectivity index (χ0) is 30.8. The second-order valence-electron chi connectivity index (χ2n) is 9.72. The molecule has 0 aliphatic rings. The van der Waals surface area contributed by atoms with Gasteiger partial charge in [-0.1, -0.05) is 24.3 Å². The third-order valence-electron chi connectivity index (χ3n) is 6.89. The molecule has 0 aliphatic carbocycles. The number of nitriles is 1. The van der Waals surface area contributed by atoms with Crippen LogP contribution in [0.5, 0.6) is 5.88 Å². The number of aromatic nitrogens is 4. The topological polar surface area (TPSA) is 127 Å². The number of fused-ring (bicyclic) bond motifs is 1. The van der Waals surface area contributed by atoms with E-state index in [9.17, 15) is 18.7 Å². The zero-order valence-corrected chi connectivity index (χ0v) is 22.7. The molecule has 0 saturated heterocycles. The van der Waals surface area contributed by atoms with E-state index in [4.69, 9.17) is 14.4 Å². The molecule has 3 aromatic heterocycles. The lowest BCUT2D eigenvalue weighted by molar-refractivity contribution is 0.0696. The summed E-state index contributed by atoms with van der Waals surface area (Å²) in [6, 6.07) is 17.6. The Balaban J connectivity index is 1.27. The van der Waals surface area contributed by atoms with Gasteiger partial charge in [-0.2, -0.15) is 5.26 Å². The van der Waals surface area contributed by atoms with Crippen LogP contribution in [0.4, 0.5) is 13.2 Å². The van der Waals surface area contributed by atoms with E-state index in [-0.39, 0.29) is 70.5 Å². The van der Waals surface area contributed by atoms with Crippen molar-refractivity contribution in [3.05, 3.63) is 131 Å². The van der Waals surface area contributed by atoms with Crippen LogP contribution in [-0.2, 0) is 19.6 Å². The second kappa shape index (κ2) is 11.7. The van der Waals surface area contributed by atoms with Gasteiger partial charge in [-0.05, 0) is 42.0 Å². The van der Waals surface area contributed by atoms with Crippen molar-refractivity contribution in [3.8, 4) is 23.2 Å². The third kappa shape index (κ3) is 5.71. The number of imidazole rings is 1. The Morgan fingerprint density at radius 1 is 0.977 bits per heavy atom. The number of carbonyl (C=O) groups is 1. The van der Waals surface area contributed by atoms with Crippen LogP contribution in [-0.4, -0.2) is 30.6 Å². The third-order valence-corrected chi connectivity index (χ3v) is 6.89. The molecule has 0 radical (unpaired) electrons. The number of aromatic carboxylic acids is 1. The molecule has 0 amide bonds. The second-order valence-corrected chi connectivity index (χ2v) is 9.72. The zero-order valence-electron chi connectivity index (χ0n) is 22.7. The van der Waals surface area contributed by atoms with Crippen molar-refractivity contribution >= 4 is 17.0 Å². The predicted molar refractivity (Wildman–Crippen MR) is 150 cm³/mol. The lowest BCUT2D eigenvalue weighted by Gasteiger charge is -2.10. The summed E-state index contributed by atoms with van der Waals surface area (Å²) in [6.07, 6.45) is 2.76. The van der Waals surface area contributed by atoms with Crippen LogP contribution < -0.4 is 4.74 Å². The van der Waals surface area contributed by atoms with Gasteiger partial charge in [0.2, 0.25) is 11.8 Å². The molecular weight excluding hydrogens is 575 g/mol. The standard InChI is InChI=1S/C32H20F3N5O4/c33-23-10-18(15-36)4-5-21(23)17-44-29-3-1-2-26(38-29)20-7-6-19(24(34)11-20)14-28-39-31-25(35)12-22(32(41)42)13-27(31)40(28)16-30-37-8-9-43-30/h1-13H,14,16-17H2,(H,41,42). The Morgan fingerprint density at radius 2 is 1.80 bits per heavy atom. The number of hydrogen-bond acceptors (Lipinski definition) is 7. The van der Waals surface area contributed by atoms with Crippen LogP contribution in [0.3, 0.4) is 0 Å². The molecule has 1 N–H and O–H groups in total. The SMILES string of the molecule is N#Cc1ccc(COc2cccc(-c3ccc(Cc4nc5c(F)cc(C(=O)O)cc5n4Cc4ncco4)c(F)c3)n2)c(F)c1. The maximum Gasteiger partial charge on any atom is 0.335 e. The summed E-state index contributed by atoms with van der Waals surface area (Å²) >= 11 is 0. The number of oxazole rings is 1. The lowest BCUT2D eigenvalue weighted by Crippen LogP contribution is -2.08. The van der Waals surface area contributed by atoms with E-state index < -0.39 is 23.4 Å². The molecule has 0 fully saturated rings. The van der Waals surface area contributed by atoms with E-state index in [0.717, 1.165) is 12.1 Å². The first-order valence-corrected chi connectivity index (χ1v) is 13.2. The maximum absolute atomic E-state index is 15.5. The highest BCUT2D eigenvalue weighted by Crippen LogP contribution is 2.27. The van der Waals surface area contributed by atoms with Crippen LogP contribution in [0.25, 0.3) is 22.3 Å². The van der Waals surface area contributed by atoms with E-state index in [1.807, 2.05) is 6.07 Å². The van der Waals surface area contributed by atoms with Crippen molar-refractivity contribution in [1.29, 1.82) is 5.26 Å². The van der Waals surface area contributed by atoms with Crippen molar-refractivity contribution in [3.63, 3.8) is 0 Å². The van der Waals surface area contributed by atoms with E-state index in [2.05, 4.69) is 15.0 Å². The molecule has 218 valence electrons. The average molecular weight is 596 g/mol. The maximum atomic E-state index is 15.5. The molecule has 0 saturated carbocycles. The summed E-state index contributed by atoms with van der Waals surface area (Å²) in [7, 11) is 0. The first-order valence-electron chi connectivity index (χ1n) is 13.2. The van der Waals surface area contributed by atoms with Gasteiger partial charge in [0.1, 0.15) is 42.4 Å². The summed E-state index contributed by atoms with van der Waals surface area (Å²) in [5.41, 5.74) is 1.44. The van der Waals surface area contributed by atoms with Gasteiger partial charge in [-0.3, -0.25) is 0 Å². The number of rotatable bonds is 9. The number of nitrogens with zero attached hydrogens (tertiary/aromatic N) is 5. The number of hydrogen-bond donors (Lipinski definition) is 1. The van der Waals surface area contributed by atoms with Gasteiger partial charge in [-0.15, -0.1) is 0 Å². The summed E-state index contributed by atoms with van der Waals surface area (Å²) in [5.74, 6) is -2.53. The first-order chi connectivity index (χ1) is 21.3. The van der Waals surface area contributed by atoms with Gasteiger partial charge >= 0.3 is 5.97 Å². The molecule has 6 aromatic rings. The Morgan fingerprint density at radius 3 is 2.52 bits per heavy atom. The molecule has 6 rings (SSSR count). The van der Waals surface area contributed by atoms with Gasteiger partial charge in [-0.25, -0.2) is 32.9 Å². The quantitative estimate of drug-likeness (QED) is 0.207. The highest BCUT2D eigenvalue weighted by Gasteiger charge is 2.20. The molecular formula is C32H20F3N5O4. The van der Waals surface area contributed by atoms with Crippen LogP contribution in [0.1, 0.15) is 38.8 Å². The van der Waals surface area contributed by atoms with Crippen molar-refractivity contribution in [1.82, 2.24) is 19.5 Å². The smallest absolute Gasteiger partial charge is 0.335 e. The monoisotopic (exact) mass is 595 g/mol. The molecule has 12 heteroatoms. The largest absolute Gasteiger partial charge is 0.478 e. The number of ether oxygens (including phenoxy) is 1. The fourth-order valence-electron chi connectivity index (χ4n) is 4.69. The highest BCUT2D eigenvalue weighted by atomic mass is 19.1. The molecule has 0 bridgehead atoms. The number of pyridine rings is 1. The van der Waals surface area contributed by atoms with Crippen molar-refractivity contribution in [2.75, 3.05) is 0 Å². The van der Waals surface area contributed by atoms with Crippen LogP contribution in [0.15, 0.2) is 83.6 Å². The number of benzene rings is 3. The molecule has 9 nitrogen and oxygen atoms in total. The normalized spacial score (nSPS) is 11.0. The Kier molecular flexibility index (Phi) is 7.51. The molecule has 0 aliphatic heterocycles. The van der Waals surface area contributed by atoms with Crippen LogP contribution in [0, 0.1) is 28.8 Å². The fraction of sp³-hybridized carbons (Fsp3) is 0.0938. The summed E-state index contributed by atoms with van der Waals surface area (Å²) in [5, 5.41) is 18.3. The van der Waals surface area contributed by atoms with Crippen LogP contribution >= 0.6 is 0 Å². The predicted octanol–water partition coefficient (Wildman–Crippen LogP) is 6.29. The minimum absolute atomic E-state index is 0.0180. The Labute approximate surface area is 247 Å². The summed E-state index contributed by atoms with van der Waals surface area (Å²) in [6.45, 7) is -0.103. The van der Waals surface area contributed by atoms with E-state index >= 15 is 4.39 Å². The number of carboxylic acid groups (broad SMARTS) is 1. The number of halogens is 3. The summed E-state index contributed by atoms with van der Waals surface area (Å²) < 4.78 is 57.1. The van der Waals surface area contributed by atoms with Gasteiger partial charge in [0.15, 0.2) is 5.82 Å². The molecule has 0 spiro atoms. The van der Waals surface area contributed by atoms with Crippen molar-refractivity contribution in [2.45, 2.75) is 19.6 Å². The van der Waals surface area contributed by atoms with Crippen molar-refractivity contribution in [2.24, 2.45) is 0 Å². The Hall–Kier alpha value is -5.96. The van der Waals surface area contributed by atoms with E-state index in [0.29, 0.717) is 11.3 Å². The average Bonchev–Trinajstić information content (AvgIpc) is 3.66. The van der Waals surface area contributed by atoms with Gasteiger partial charge in [0.25, 0.3) is 0 Å². The van der Waals surface area contributed by atoms with Gasteiger partial charge in [0.05, 0.1) is 34.6 Å². The van der Waals surface area contributed by atoms with Crippen LogP contribution in [0.2, 0.25) is 0 Å².